The predicted molar refractivity (Wildman–Crippen MR) is 83.4 cm³/mol. The van der Waals surface area contributed by atoms with E-state index in [0.717, 1.165) is 19.5 Å². The summed E-state index contributed by atoms with van der Waals surface area (Å²) >= 11 is 0. The summed E-state index contributed by atoms with van der Waals surface area (Å²) in [6.07, 6.45) is 2.34. The third kappa shape index (κ3) is 4.99. The summed E-state index contributed by atoms with van der Waals surface area (Å²) in [4.78, 5) is 28.4. The van der Waals surface area contributed by atoms with Gasteiger partial charge in [0.1, 0.15) is 5.70 Å². The molecule has 1 unspecified atom stereocenters. The van der Waals surface area contributed by atoms with Crippen LogP contribution in [0.5, 0.6) is 0 Å². The molecule has 1 amide bonds. The number of ketones is 1. The quantitative estimate of drug-likeness (QED) is 0.611. The number of carbonyl (C=O) groups excluding carboxylic acids is 2. The first-order valence-electron chi connectivity index (χ1n) is 7.76. The summed E-state index contributed by atoms with van der Waals surface area (Å²) in [6, 6.07) is 0. The summed E-state index contributed by atoms with van der Waals surface area (Å²) in [7, 11) is 0. The van der Waals surface area contributed by atoms with Crippen LogP contribution in [-0.4, -0.2) is 47.7 Å². The van der Waals surface area contributed by atoms with Gasteiger partial charge in [0.25, 0.3) is 5.91 Å². The second-order valence-electron chi connectivity index (χ2n) is 4.89. The van der Waals surface area contributed by atoms with Crippen LogP contribution in [-0.2, 0) is 9.59 Å². The van der Waals surface area contributed by atoms with E-state index >= 15 is 0 Å². The molecule has 0 N–H and O–H groups in total. The van der Waals surface area contributed by atoms with Crippen LogP contribution in [0.3, 0.4) is 0 Å². The van der Waals surface area contributed by atoms with Crippen LogP contribution < -0.4 is 0 Å². The van der Waals surface area contributed by atoms with E-state index in [4.69, 9.17) is 0 Å². The number of rotatable bonds is 9. The Morgan fingerprint density at radius 3 is 1.70 bits per heavy atom. The number of carbonyl (C=O) groups is 2. The van der Waals surface area contributed by atoms with E-state index in [9.17, 15) is 9.59 Å². The molecule has 0 aliphatic rings. The monoisotopic (exact) mass is 282 g/mol. The molecule has 0 aliphatic heterocycles. The molecule has 0 aromatic carbocycles. The fraction of sp³-hybridized carbons (Fsp3) is 0.750. The average Bonchev–Trinajstić information content (AvgIpc) is 2.47. The number of nitrogens with zero attached hydrogens (tertiary/aromatic N) is 2. The van der Waals surface area contributed by atoms with Gasteiger partial charge in [0.2, 0.25) is 0 Å². The highest BCUT2D eigenvalue weighted by molar-refractivity contribution is 6.02. The third-order valence-electron chi connectivity index (χ3n) is 3.75. The van der Waals surface area contributed by atoms with Gasteiger partial charge in [-0.3, -0.25) is 9.59 Å². The van der Waals surface area contributed by atoms with Gasteiger partial charge in [0, 0.05) is 38.2 Å². The van der Waals surface area contributed by atoms with Gasteiger partial charge in [0.05, 0.1) is 0 Å². The highest BCUT2D eigenvalue weighted by Gasteiger charge is 2.22. The zero-order valence-electron chi connectivity index (χ0n) is 13.9. The molecule has 0 saturated heterocycles. The largest absolute Gasteiger partial charge is 0.368 e. The normalized spacial score (nSPS) is 13.0. The van der Waals surface area contributed by atoms with Crippen LogP contribution in [0.15, 0.2) is 11.8 Å². The maximum atomic E-state index is 12.6. The lowest BCUT2D eigenvalue weighted by Crippen LogP contribution is -2.39. The Balaban J connectivity index is 5.43. The van der Waals surface area contributed by atoms with E-state index in [-0.39, 0.29) is 17.6 Å². The summed E-state index contributed by atoms with van der Waals surface area (Å²) < 4.78 is 0. The Bertz CT molecular complexity index is 342. The molecular weight excluding hydrogens is 252 g/mol. The van der Waals surface area contributed by atoms with E-state index in [1.54, 1.807) is 11.0 Å². The molecule has 0 radical (unpaired) electrons. The highest BCUT2D eigenvalue weighted by Crippen LogP contribution is 2.12. The molecule has 0 aromatic heterocycles. The lowest BCUT2D eigenvalue weighted by molar-refractivity contribution is -0.129. The number of hydrogen-bond acceptors (Lipinski definition) is 3. The maximum absolute atomic E-state index is 12.6. The molecule has 0 fully saturated rings. The van der Waals surface area contributed by atoms with Gasteiger partial charge in [-0.1, -0.05) is 13.8 Å². The first-order valence-corrected chi connectivity index (χ1v) is 7.76. The van der Waals surface area contributed by atoms with Gasteiger partial charge < -0.3 is 9.80 Å². The predicted octanol–water partition coefficient (Wildman–Crippen LogP) is 2.70. The Kier molecular flexibility index (Phi) is 8.93. The van der Waals surface area contributed by atoms with E-state index < -0.39 is 0 Å². The smallest absolute Gasteiger partial charge is 0.270 e. The minimum Gasteiger partial charge on any atom is -0.368 e. The zero-order valence-corrected chi connectivity index (χ0v) is 13.9. The van der Waals surface area contributed by atoms with Gasteiger partial charge in [0.15, 0.2) is 5.78 Å². The molecule has 0 saturated carbocycles. The summed E-state index contributed by atoms with van der Waals surface area (Å²) in [5.74, 6) is -0.0460. The summed E-state index contributed by atoms with van der Waals surface area (Å²) in [5.41, 5.74) is 0.531. The molecule has 0 rings (SSSR count). The molecule has 20 heavy (non-hydrogen) atoms. The lowest BCUT2D eigenvalue weighted by Gasteiger charge is -2.28. The van der Waals surface area contributed by atoms with E-state index in [2.05, 4.69) is 0 Å². The minimum absolute atomic E-state index is 0.0370. The zero-order chi connectivity index (χ0) is 15.7. The molecular formula is C16H30N2O2. The van der Waals surface area contributed by atoms with Crippen molar-refractivity contribution in [2.75, 3.05) is 26.2 Å². The van der Waals surface area contributed by atoms with Crippen LogP contribution in [0, 0.1) is 5.92 Å². The Morgan fingerprint density at radius 1 is 0.900 bits per heavy atom. The highest BCUT2D eigenvalue weighted by atomic mass is 16.2. The average molecular weight is 282 g/mol. The van der Waals surface area contributed by atoms with Gasteiger partial charge in [-0.05, 0) is 34.1 Å². The molecule has 0 heterocycles. The Hall–Kier alpha value is -1.32. The maximum Gasteiger partial charge on any atom is 0.270 e. The number of likely N-dealkylation sites (N-methyl/N-ethyl adjacent to an activating group) is 2. The molecule has 4 heteroatoms. The van der Waals surface area contributed by atoms with Crippen LogP contribution in [0.4, 0.5) is 0 Å². The van der Waals surface area contributed by atoms with Crippen molar-refractivity contribution in [3.63, 3.8) is 0 Å². The minimum atomic E-state index is -0.0460. The first kappa shape index (κ1) is 18.7. The van der Waals surface area contributed by atoms with Crippen molar-refractivity contribution in [3.05, 3.63) is 11.8 Å². The summed E-state index contributed by atoms with van der Waals surface area (Å²) in [6.45, 7) is 14.6. The van der Waals surface area contributed by atoms with Crippen molar-refractivity contribution in [3.8, 4) is 0 Å². The van der Waals surface area contributed by atoms with E-state index in [1.807, 2.05) is 46.4 Å². The van der Waals surface area contributed by atoms with Gasteiger partial charge >= 0.3 is 0 Å². The number of amides is 1. The topological polar surface area (TPSA) is 40.6 Å². The number of hydrogen-bond donors (Lipinski definition) is 0. The molecule has 116 valence electrons. The van der Waals surface area contributed by atoms with Crippen LogP contribution in [0.25, 0.3) is 0 Å². The Labute approximate surface area is 123 Å². The van der Waals surface area contributed by atoms with Gasteiger partial charge in [-0.15, -0.1) is 0 Å². The van der Waals surface area contributed by atoms with Crippen LogP contribution in [0.1, 0.15) is 48.0 Å². The van der Waals surface area contributed by atoms with E-state index in [1.165, 1.54) is 0 Å². The molecule has 0 aliphatic carbocycles. The standard InChI is InChI=1S/C16H30N2O2/c1-7-13(6)15(19)12-14(17(8-2)9-3)16(20)18(10-4)11-5/h12-13H,7-11H2,1-6H3/b14-12+. The van der Waals surface area contributed by atoms with Crippen molar-refractivity contribution in [1.29, 1.82) is 0 Å². The van der Waals surface area contributed by atoms with Crippen molar-refractivity contribution < 1.29 is 9.59 Å². The fourth-order valence-electron chi connectivity index (χ4n) is 2.00. The summed E-state index contributed by atoms with van der Waals surface area (Å²) in [5, 5.41) is 0. The van der Waals surface area contributed by atoms with Gasteiger partial charge in [-0.25, -0.2) is 0 Å². The van der Waals surface area contributed by atoms with Crippen molar-refractivity contribution in [1.82, 2.24) is 9.80 Å². The van der Waals surface area contributed by atoms with Gasteiger partial charge in [-0.2, -0.15) is 0 Å². The first-order chi connectivity index (χ1) is 9.46. The van der Waals surface area contributed by atoms with Crippen molar-refractivity contribution in [2.45, 2.75) is 48.0 Å². The van der Waals surface area contributed by atoms with Crippen molar-refractivity contribution >= 4 is 11.7 Å². The van der Waals surface area contributed by atoms with E-state index in [0.29, 0.717) is 18.8 Å². The SMILES string of the molecule is CCC(C)C(=O)/C=C(\C(=O)N(CC)CC)N(CC)CC. The van der Waals surface area contributed by atoms with Crippen LogP contribution in [0.2, 0.25) is 0 Å². The molecule has 1 atom stereocenters. The molecule has 0 aromatic rings. The third-order valence-corrected chi connectivity index (χ3v) is 3.75. The van der Waals surface area contributed by atoms with Crippen molar-refractivity contribution in [2.24, 2.45) is 5.92 Å². The lowest BCUT2D eigenvalue weighted by atomic mass is 10.0. The second-order valence-corrected chi connectivity index (χ2v) is 4.89. The fourth-order valence-corrected chi connectivity index (χ4v) is 2.00. The molecule has 0 spiro atoms. The Morgan fingerprint density at radius 2 is 1.35 bits per heavy atom. The second kappa shape index (κ2) is 9.56. The number of allylic oxidation sites excluding steroid dienone is 1. The molecule has 4 nitrogen and oxygen atoms in total. The van der Waals surface area contributed by atoms with Crippen LogP contribution >= 0.6 is 0 Å². The molecule has 0 bridgehead atoms.